The van der Waals surface area contributed by atoms with Gasteiger partial charge in [0.1, 0.15) is 5.75 Å². The highest BCUT2D eigenvalue weighted by Crippen LogP contribution is 2.27. The minimum absolute atomic E-state index is 0.440. The van der Waals surface area contributed by atoms with E-state index in [-0.39, 0.29) is 0 Å². The van der Waals surface area contributed by atoms with Crippen molar-refractivity contribution in [3.05, 3.63) is 40.6 Å². The zero-order valence-corrected chi connectivity index (χ0v) is 10.4. The zero-order valence-electron chi connectivity index (χ0n) is 8.85. The highest BCUT2D eigenvalue weighted by molar-refractivity contribution is 9.10. The van der Waals surface area contributed by atoms with Gasteiger partial charge in [-0.3, -0.25) is 4.68 Å². The molecule has 1 aromatic carbocycles. The van der Waals surface area contributed by atoms with E-state index in [1.807, 2.05) is 31.4 Å². The fourth-order valence-corrected chi connectivity index (χ4v) is 1.79. The summed E-state index contributed by atoms with van der Waals surface area (Å²) in [6, 6.07) is 5.76. The summed E-state index contributed by atoms with van der Waals surface area (Å²) in [5, 5.41) is 4.04. The van der Waals surface area contributed by atoms with Crippen LogP contribution in [0, 0.1) is 0 Å². The minimum Gasteiger partial charge on any atom is -0.454 e. The fourth-order valence-electron chi connectivity index (χ4n) is 1.39. The lowest BCUT2D eigenvalue weighted by molar-refractivity contribution is 0.475. The second-order valence-electron chi connectivity index (χ2n) is 3.41. The van der Waals surface area contributed by atoms with Gasteiger partial charge in [-0.15, -0.1) is 0 Å². The SMILES string of the molecule is Cn1cc(Oc2ccc(Br)cc2CN)cn1. The third-order valence-corrected chi connectivity index (χ3v) is 2.64. The Morgan fingerprint density at radius 2 is 2.31 bits per heavy atom. The van der Waals surface area contributed by atoms with Crippen molar-refractivity contribution in [2.75, 3.05) is 0 Å². The predicted molar refractivity (Wildman–Crippen MR) is 65.3 cm³/mol. The highest BCUT2D eigenvalue weighted by Gasteiger charge is 2.05. The Balaban J connectivity index is 2.27. The van der Waals surface area contributed by atoms with Crippen molar-refractivity contribution in [1.29, 1.82) is 0 Å². The van der Waals surface area contributed by atoms with Gasteiger partial charge < -0.3 is 10.5 Å². The number of hydrogen-bond acceptors (Lipinski definition) is 3. The Morgan fingerprint density at radius 1 is 1.50 bits per heavy atom. The van der Waals surface area contributed by atoms with Gasteiger partial charge in [0.05, 0.1) is 12.4 Å². The third-order valence-electron chi connectivity index (χ3n) is 2.15. The minimum atomic E-state index is 0.440. The van der Waals surface area contributed by atoms with E-state index in [9.17, 15) is 0 Å². The average molecular weight is 282 g/mol. The lowest BCUT2D eigenvalue weighted by Gasteiger charge is -2.08. The number of aryl methyl sites for hydroxylation is 1. The van der Waals surface area contributed by atoms with Crippen molar-refractivity contribution in [3.8, 4) is 11.5 Å². The van der Waals surface area contributed by atoms with Gasteiger partial charge in [0.2, 0.25) is 0 Å². The normalized spacial score (nSPS) is 10.4. The summed E-state index contributed by atoms with van der Waals surface area (Å²) in [7, 11) is 1.85. The maximum atomic E-state index is 5.69. The molecule has 1 aromatic heterocycles. The topological polar surface area (TPSA) is 53.1 Å². The van der Waals surface area contributed by atoms with Crippen LogP contribution in [0.25, 0.3) is 0 Å². The molecule has 0 fully saturated rings. The summed E-state index contributed by atoms with van der Waals surface area (Å²) in [5.41, 5.74) is 6.61. The lowest BCUT2D eigenvalue weighted by Crippen LogP contribution is -1.99. The van der Waals surface area contributed by atoms with E-state index in [1.165, 1.54) is 0 Å². The molecule has 1 heterocycles. The zero-order chi connectivity index (χ0) is 11.5. The van der Waals surface area contributed by atoms with Crippen LogP contribution in [0.15, 0.2) is 35.1 Å². The molecule has 4 nitrogen and oxygen atoms in total. The van der Waals surface area contributed by atoms with E-state index in [0.29, 0.717) is 12.3 Å². The first-order valence-electron chi connectivity index (χ1n) is 4.84. The van der Waals surface area contributed by atoms with Gasteiger partial charge in [0.25, 0.3) is 0 Å². The Morgan fingerprint density at radius 3 is 2.94 bits per heavy atom. The number of hydrogen-bond donors (Lipinski definition) is 1. The molecule has 0 unspecified atom stereocenters. The van der Waals surface area contributed by atoms with Crippen LogP contribution < -0.4 is 10.5 Å². The van der Waals surface area contributed by atoms with E-state index in [4.69, 9.17) is 10.5 Å². The van der Waals surface area contributed by atoms with Crippen LogP contribution in [0.2, 0.25) is 0 Å². The van der Waals surface area contributed by atoms with Crippen molar-refractivity contribution >= 4 is 15.9 Å². The van der Waals surface area contributed by atoms with Crippen LogP contribution in [0.4, 0.5) is 0 Å². The lowest BCUT2D eigenvalue weighted by atomic mass is 10.2. The highest BCUT2D eigenvalue weighted by atomic mass is 79.9. The van der Waals surface area contributed by atoms with Gasteiger partial charge in [-0.25, -0.2) is 0 Å². The van der Waals surface area contributed by atoms with Crippen molar-refractivity contribution in [2.24, 2.45) is 12.8 Å². The van der Waals surface area contributed by atoms with Gasteiger partial charge in [0, 0.05) is 23.6 Å². The van der Waals surface area contributed by atoms with Crippen LogP contribution in [-0.4, -0.2) is 9.78 Å². The number of rotatable bonds is 3. The Bertz CT molecular complexity index is 496. The van der Waals surface area contributed by atoms with Crippen molar-refractivity contribution in [3.63, 3.8) is 0 Å². The first kappa shape index (κ1) is 11.2. The molecule has 0 saturated carbocycles. The van der Waals surface area contributed by atoms with Crippen LogP contribution in [0.1, 0.15) is 5.56 Å². The van der Waals surface area contributed by atoms with E-state index in [1.54, 1.807) is 10.9 Å². The van der Waals surface area contributed by atoms with E-state index < -0.39 is 0 Å². The second kappa shape index (κ2) is 4.67. The van der Waals surface area contributed by atoms with Gasteiger partial charge in [0.15, 0.2) is 5.75 Å². The smallest absolute Gasteiger partial charge is 0.165 e. The summed E-state index contributed by atoms with van der Waals surface area (Å²) < 4.78 is 8.37. The number of benzene rings is 1. The second-order valence-corrected chi connectivity index (χ2v) is 4.32. The standard InChI is InChI=1S/C11H12BrN3O/c1-15-7-10(6-14-15)16-11-3-2-9(12)4-8(11)5-13/h2-4,6-7H,5,13H2,1H3. The van der Waals surface area contributed by atoms with E-state index in [0.717, 1.165) is 15.8 Å². The van der Waals surface area contributed by atoms with E-state index in [2.05, 4.69) is 21.0 Å². The average Bonchev–Trinajstić information content (AvgIpc) is 2.67. The quantitative estimate of drug-likeness (QED) is 0.940. The monoisotopic (exact) mass is 281 g/mol. The van der Waals surface area contributed by atoms with Crippen LogP contribution >= 0.6 is 15.9 Å². The Kier molecular flexibility index (Phi) is 3.26. The van der Waals surface area contributed by atoms with E-state index >= 15 is 0 Å². The van der Waals surface area contributed by atoms with Gasteiger partial charge in [-0.2, -0.15) is 5.10 Å². The first-order valence-corrected chi connectivity index (χ1v) is 5.63. The third kappa shape index (κ3) is 2.43. The maximum absolute atomic E-state index is 5.69. The molecule has 0 bridgehead atoms. The molecule has 16 heavy (non-hydrogen) atoms. The molecular weight excluding hydrogens is 270 g/mol. The molecule has 0 aliphatic heterocycles. The first-order chi connectivity index (χ1) is 7.69. The van der Waals surface area contributed by atoms with Crippen LogP contribution in [-0.2, 0) is 13.6 Å². The molecule has 0 spiro atoms. The number of nitrogens with zero attached hydrogens (tertiary/aromatic N) is 2. The molecule has 0 radical (unpaired) electrons. The molecule has 2 N–H and O–H groups in total. The van der Waals surface area contributed by atoms with Crippen LogP contribution in [0.5, 0.6) is 11.5 Å². The summed E-state index contributed by atoms with van der Waals surface area (Å²) >= 11 is 3.40. The summed E-state index contributed by atoms with van der Waals surface area (Å²) in [6.45, 7) is 0.440. The molecule has 84 valence electrons. The van der Waals surface area contributed by atoms with Crippen molar-refractivity contribution < 1.29 is 4.74 Å². The fraction of sp³-hybridized carbons (Fsp3) is 0.182. The van der Waals surface area contributed by atoms with Gasteiger partial charge in [-0.05, 0) is 18.2 Å². The molecule has 0 aliphatic carbocycles. The van der Waals surface area contributed by atoms with Crippen molar-refractivity contribution in [2.45, 2.75) is 6.54 Å². The molecular formula is C11H12BrN3O. The summed E-state index contributed by atoms with van der Waals surface area (Å²) in [6.07, 6.45) is 3.48. The maximum Gasteiger partial charge on any atom is 0.165 e. The molecule has 0 atom stereocenters. The van der Waals surface area contributed by atoms with Crippen LogP contribution in [0.3, 0.4) is 0 Å². The molecule has 0 saturated heterocycles. The van der Waals surface area contributed by atoms with Crippen molar-refractivity contribution in [1.82, 2.24) is 9.78 Å². The van der Waals surface area contributed by atoms with Gasteiger partial charge >= 0.3 is 0 Å². The number of ether oxygens (including phenoxy) is 1. The molecule has 5 heteroatoms. The Hall–Kier alpha value is -1.33. The molecule has 0 aliphatic rings. The molecule has 0 amide bonds. The number of nitrogens with two attached hydrogens (primary N) is 1. The predicted octanol–water partition coefficient (Wildman–Crippen LogP) is 2.43. The summed E-state index contributed by atoms with van der Waals surface area (Å²) in [5.74, 6) is 1.47. The van der Waals surface area contributed by atoms with Gasteiger partial charge in [-0.1, -0.05) is 15.9 Å². The Labute approximate surface area is 102 Å². The molecule has 2 rings (SSSR count). The summed E-state index contributed by atoms with van der Waals surface area (Å²) in [4.78, 5) is 0. The molecule has 2 aromatic rings. The number of halogens is 1. The number of aromatic nitrogens is 2. The largest absolute Gasteiger partial charge is 0.454 e.